The number of hydrogen-bond donors (Lipinski definition) is 3. The van der Waals surface area contributed by atoms with Gasteiger partial charge in [-0.05, 0) is 31.0 Å². The first kappa shape index (κ1) is 17.9. The van der Waals surface area contributed by atoms with Crippen LogP contribution in [0.5, 0.6) is 0 Å². The molecule has 0 bridgehead atoms. The Balaban J connectivity index is 3.39. The molecule has 120 valence electrons. The van der Waals surface area contributed by atoms with E-state index < -0.39 is 19.9 Å². The monoisotopic (exact) mass is 335 g/mol. The van der Waals surface area contributed by atoms with Crippen LogP contribution >= 0.6 is 0 Å². The number of benzene rings is 1. The van der Waals surface area contributed by atoms with Gasteiger partial charge in [0.25, 0.3) is 0 Å². The second-order valence-electron chi connectivity index (χ2n) is 4.71. The van der Waals surface area contributed by atoms with Gasteiger partial charge in [0, 0.05) is 12.3 Å². The summed E-state index contributed by atoms with van der Waals surface area (Å²) in [4.78, 5) is -0.258. The number of sulfone groups is 1. The molecule has 0 aromatic heterocycles. The van der Waals surface area contributed by atoms with Crippen LogP contribution in [0, 0.1) is 0 Å². The quantitative estimate of drug-likeness (QED) is 0.502. The van der Waals surface area contributed by atoms with E-state index in [0.29, 0.717) is 12.8 Å². The molecule has 0 atom stereocenters. The van der Waals surface area contributed by atoms with E-state index in [0.717, 1.165) is 12.3 Å². The molecule has 0 amide bonds. The second kappa shape index (κ2) is 6.73. The molecule has 0 radical (unpaired) electrons. The highest BCUT2D eigenvalue weighted by Crippen LogP contribution is 2.24. The Labute approximate surface area is 125 Å². The topological polar surface area (TPSA) is 118 Å². The first-order valence-electron chi connectivity index (χ1n) is 6.48. The predicted octanol–water partition coefficient (Wildman–Crippen LogP) is 0.843. The summed E-state index contributed by atoms with van der Waals surface area (Å²) in [5.74, 6) is 5.31. The third-order valence-corrected chi connectivity index (χ3v) is 5.80. The summed E-state index contributed by atoms with van der Waals surface area (Å²) in [5, 5.41) is 0. The van der Waals surface area contributed by atoms with E-state index >= 15 is 0 Å². The van der Waals surface area contributed by atoms with Gasteiger partial charge in [0.05, 0.1) is 10.6 Å². The molecule has 1 aromatic rings. The van der Waals surface area contributed by atoms with Crippen molar-refractivity contribution in [1.82, 2.24) is 4.72 Å². The average Bonchev–Trinajstić information content (AvgIpc) is 2.43. The van der Waals surface area contributed by atoms with Crippen molar-refractivity contribution < 1.29 is 16.8 Å². The van der Waals surface area contributed by atoms with Gasteiger partial charge in [-0.2, -0.15) is 0 Å². The summed E-state index contributed by atoms with van der Waals surface area (Å²) in [6, 6.07) is 3.52. The lowest BCUT2D eigenvalue weighted by atomic mass is 10.2. The van der Waals surface area contributed by atoms with Crippen molar-refractivity contribution in [2.75, 3.05) is 11.7 Å². The molecule has 0 spiro atoms. The third kappa shape index (κ3) is 4.40. The molecule has 1 aromatic carbocycles. The molecule has 0 unspecified atom stereocenters. The minimum Gasteiger partial charge on any atom is -0.323 e. The van der Waals surface area contributed by atoms with E-state index in [9.17, 15) is 16.8 Å². The summed E-state index contributed by atoms with van der Waals surface area (Å²) < 4.78 is 50.5. The van der Waals surface area contributed by atoms with Gasteiger partial charge in [0.2, 0.25) is 10.0 Å². The summed E-state index contributed by atoms with van der Waals surface area (Å²) in [7, 11) is -7.38. The van der Waals surface area contributed by atoms with Crippen molar-refractivity contribution in [3.63, 3.8) is 0 Å². The van der Waals surface area contributed by atoms with E-state index in [1.54, 1.807) is 0 Å². The van der Waals surface area contributed by atoms with Gasteiger partial charge in [-0.15, -0.1) is 0 Å². The van der Waals surface area contributed by atoms with Crippen LogP contribution < -0.4 is 16.0 Å². The summed E-state index contributed by atoms with van der Waals surface area (Å²) in [5.41, 5.74) is 2.42. The third-order valence-electron chi connectivity index (χ3n) is 3.13. The summed E-state index contributed by atoms with van der Waals surface area (Å²) >= 11 is 0. The largest absolute Gasteiger partial charge is 0.323 e. The van der Waals surface area contributed by atoms with Crippen molar-refractivity contribution in [3.05, 3.63) is 18.2 Å². The smallest absolute Gasteiger partial charge is 0.242 e. The molecule has 7 nitrogen and oxygen atoms in total. The molecule has 0 fully saturated rings. The van der Waals surface area contributed by atoms with E-state index in [1.807, 2.05) is 13.8 Å². The Morgan fingerprint density at radius 1 is 1.14 bits per heavy atom. The van der Waals surface area contributed by atoms with Crippen LogP contribution in [0.2, 0.25) is 0 Å². The molecule has 0 saturated heterocycles. The number of nitrogens with two attached hydrogens (primary N) is 1. The lowest BCUT2D eigenvalue weighted by Crippen LogP contribution is -2.34. The fourth-order valence-electron chi connectivity index (χ4n) is 1.81. The molecule has 0 heterocycles. The first-order valence-corrected chi connectivity index (χ1v) is 9.86. The van der Waals surface area contributed by atoms with Gasteiger partial charge in [-0.3, -0.25) is 5.84 Å². The fraction of sp³-hybridized carbons (Fsp3) is 0.500. The maximum absolute atomic E-state index is 12.4. The van der Waals surface area contributed by atoms with Crippen molar-refractivity contribution in [2.45, 2.75) is 42.5 Å². The lowest BCUT2D eigenvalue weighted by Gasteiger charge is -2.17. The van der Waals surface area contributed by atoms with Gasteiger partial charge in [0.15, 0.2) is 9.84 Å². The zero-order valence-electron chi connectivity index (χ0n) is 12.3. The van der Waals surface area contributed by atoms with Crippen LogP contribution in [-0.4, -0.2) is 29.1 Å². The maximum atomic E-state index is 12.4. The standard InChI is InChI=1S/C12H21N3O4S2/c1-4-9(5-2)15-21(18,19)12-8-10(20(3,16)17)6-7-11(12)14-13/h6-9,14-15H,4-5,13H2,1-3H3. The summed E-state index contributed by atoms with van der Waals surface area (Å²) in [6.07, 6.45) is 2.28. The zero-order valence-corrected chi connectivity index (χ0v) is 13.9. The minimum atomic E-state index is -3.87. The van der Waals surface area contributed by atoms with E-state index in [1.165, 1.54) is 12.1 Å². The van der Waals surface area contributed by atoms with Gasteiger partial charge in [0.1, 0.15) is 4.90 Å². The Morgan fingerprint density at radius 3 is 2.14 bits per heavy atom. The highest BCUT2D eigenvalue weighted by atomic mass is 32.2. The van der Waals surface area contributed by atoms with Gasteiger partial charge < -0.3 is 5.43 Å². The SMILES string of the molecule is CCC(CC)NS(=O)(=O)c1cc(S(C)(=O)=O)ccc1NN. The van der Waals surface area contributed by atoms with Crippen molar-refractivity contribution >= 4 is 25.5 Å². The number of nitrogens with one attached hydrogen (secondary N) is 2. The second-order valence-corrected chi connectivity index (χ2v) is 8.41. The number of sulfonamides is 1. The number of rotatable bonds is 7. The number of hydrazine groups is 1. The van der Waals surface area contributed by atoms with Crippen LogP contribution in [-0.2, 0) is 19.9 Å². The van der Waals surface area contributed by atoms with Gasteiger partial charge in [-0.25, -0.2) is 21.6 Å². The number of anilines is 1. The van der Waals surface area contributed by atoms with E-state index in [-0.39, 0.29) is 21.5 Å². The van der Waals surface area contributed by atoms with Crippen LogP contribution in [0.1, 0.15) is 26.7 Å². The molecule has 9 heteroatoms. The maximum Gasteiger partial charge on any atom is 0.242 e. The highest BCUT2D eigenvalue weighted by Gasteiger charge is 2.23. The summed E-state index contributed by atoms with van der Waals surface area (Å²) in [6.45, 7) is 3.73. The molecular weight excluding hydrogens is 314 g/mol. The fourth-order valence-corrected chi connectivity index (χ4v) is 4.13. The molecule has 0 aliphatic carbocycles. The number of nitrogen functional groups attached to an aromatic ring is 1. The molecule has 0 aliphatic heterocycles. The van der Waals surface area contributed by atoms with Crippen LogP contribution in [0.4, 0.5) is 5.69 Å². The van der Waals surface area contributed by atoms with E-state index in [4.69, 9.17) is 5.84 Å². The lowest BCUT2D eigenvalue weighted by molar-refractivity contribution is 0.530. The Morgan fingerprint density at radius 2 is 1.71 bits per heavy atom. The molecule has 0 saturated carbocycles. The zero-order chi connectivity index (χ0) is 16.3. The Hall–Kier alpha value is -1.16. The van der Waals surface area contributed by atoms with Crippen molar-refractivity contribution in [2.24, 2.45) is 5.84 Å². The van der Waals surface area contributed by atoms with Gasteiger partial charge in [-0.1, -0.05) is 13.8 Å². The molecule has 0 aliphatic rings. The van der Waals surface area contributed by atoms with E-state index in [2.05, 4.69) is 10.1 Å². The minimum absolute atomic E-state index is 0.0774. The Kier molecular flexibility index (Phi) is 5.74. The molecular formula is C12H21N3O4S2. The first-order chi connectivity index (χ1) is 9.65. The number of hydrogen-bond acceptors (Lipinski definition) is 6. The predicted molar refractivity (Wildman–Crippen MR) is 82.1 cm³/mol. The Bertz CT molecular complexity index is 695. The van der Waals surface area contributed by atoms with Gasteiger partial charge >= 0.3 is 0 Å². The average molecular weight is 335 g/mol. The van der Waals surface area contributed by atoms with Crippen LogP contribution in [0.3, 0.4) is 0 Å². The molecule has 21 heavy (non-hydrogen) atoms. The highest BCUT2D eigenvalue weighted by molar-refractivity contribution is 7.91. The normalized spacial score (nSPS) is 12.6. The molecule has 4 N–H and O–H groups in total. The van der Waals surface area contributed by atoms with Crippen molar-refractivity contribution in [1.29, 1.82) is 0 Å². The van der Waals surface area contributed by atoms with Crippen LogP contribution in [0.15, 0.2) is 28.0 Å². The van der Waals surface area contributed by atoms with Crippen molar-refractivity contribution in [3.8, 4) is 0 Å². The van der Waals surface area contributed by atoms with Crippen LogP contribution in [0.25, 0.3) is 0 Å². The molecule has 1 rings (SSSR count).